The number of benzene rings is 1. The van der Waals surface area contributed by atoms with Crippen LogP contribution in [0.2, 0.25) is 0 Å². The zero-order valence-corrected chi connectivity index (χ0v) is 11.7. The lowest BCUT2D eigenvalue weighted by atomic mass is 9.94. The molecule has 1 aromatic carbocycles. The van der Waals surface area contributed by atoms with Crippen LogP contribution in [-0.2, 0) is 0 Å². The lowest BCUT2D eigenvalue weighted by Crippen LogP contribution is -2.35. The summed E-state index contributed by atoms with van der Waals surface area (Å²) in [5, 5.41) is 0. The summed E-state index contributed by atoms with van der Waals surface area (Å²) in [7, 11) is 0. The fourth-order valence-corrected chi connectivity index (χ4v) is 2.96. The zero-order valence-electron chi connectivity index (χ0n) is 11.7. The van der Waals surface area contributed by atoms with E-state index in [9.17, 15) is 0 Å². The molecule has 0 bridgehead atoms. The number of hydrogen-bond acceptors (Lipinski definition) is 2. The average Bonchev–Trinajstić information content (AvgIpc) is 2.84. The molecule has 1 saturated heterocycles. The standard InChI is InChI=1S/C16H26N2/c1-13(2)15(11-17)12-18-10-6-9-16(18)14-7-4-3-5-8-14/h3-5,7-8,13,15-16H,6,9-12,17H2,1-2H3. The first-order valence-electron chi connectivity index (χ1n) is 7.21. The van der Waals surface area contributed by atoms with Gasteiger partial charge in [-0.15, -0.1) is 0 Å². The van der Waals surface area contributed by atoms with Crippen LogP contribution < -0.4 is 5.73 Å². The number of rotatable bonds is 5. The second-order valence-corrected chi connectivity index (χ2v) is 5.80. The Hall–Kier alpha value is -0.860. The van der Waals surface area contributed by atoms with Gasteiger partial charge in [-0.05, 0) is 43.3 Å². The van der Waals surface area contributed by atoms with Crippen LogP contribution in [0.15, 0.2) is 30.3 Å². The molecule has 1 aromatic rings. The maximum Gasteiger partial charge on any atom is 0.0348 e. The predicted molar refractivity (Wildman–Crippen MR) is 77.4 cm³/mol. The number of nitrogens with two attached hydrogens (primary N) is 1. The van der Waals surface area contributed by atoms with Crippen molar-refractivity contribution in [2.75, 3.05) is 19.6 Å². The minimum absolute atomic E-state index is 0.610. The third-order valence-electron chi connectivity index (χ3n) is 4.26. The van der Waals surface area contributed by atoms with E-state index in [4.69, 9.17) is 5.73 Å². The van der Waals surface area contributed by atoms with E-state index >= 15 is 0 Å². The Morgan fingerprint density at radius 1 is 1.28 bits per heavy atom. The Labute approximate surface area is 111 Å². The van der Waals surface area contributed by atoms with E-state index in [1.165, 1.54) is 24.9 Å². The van der Waals surface area contributed by atoms with Crippen LogP contribution >= 0.6 is 0 Å². The molecule has 2 N–H and O–H groups in total. The van der Waals surface area contributed by atoms with Gasteiger partial charge in [0.15, 0.2) is 0 Å². The molecule has 18 heavy (non-hydrogen) atoms. The Balaban J connectivity index is 2.04. The first-order chi connectivity index (χ1) is 8.72. The highest BCUT2D eigenvalue weighted by molar-refractivity contribution is 5.20. The van der Waals surface area contributed by atoms with Gasteiger partial charge >= 0.3 is 0 Å². The van der Waals surface area contributed by atoms with Crippen molar-refractivity contribution in [1.82, 2.24) is 4.90 Å². The molecular weight excluding hydrogens is 220 g/mol. The van der Waals surface area contributed by atoms with Crippen LogP contribution in [0.5, 0.6) is 0 Å². The summed E-state index contributed by atoms with van der Waals surface area (Å²) in [5.74, 6) is 1.29. The fourth-order valence-electron chi connectivity index (χ4n) is 2.96. The molecule has 0 amide bonds. The summed E-state index contributed by atoms with van der Waals surface area (Å²) in [6.45, 7) is 7.74. The van der Waals surface area contributed by atoms with E-state index < -0.39 is 0 Å². The molecule has 100 valence electrons. The summed E-state index contributed by atoms with van der Waals surface area (Å²) in [5.41, 5.74) is 7.38. The number of likely N-dealkylation sites (tertiary alicyclic amines) is 1. The second-order valence-electron chi connectivity index (χ2n) is 5.80. The molecule has 2 unspecified atom stereocenters. The highest BCUT2D eigenvalue weighted by Gasteiger charge is 2.28. The molecule has 2 nitrogen and oxygen atoms in total. The van der Waals surface area contributed by atoms with Crippen LogP contribution in [0.3, 0.4) is 0 Å². The van der Waals surface area contributed by atoms with Crippen molar-refractivity contribution >= 4 is 0 Å². The highest BCUT2D eigenvalue weighted by atomic mass is 15.2. The summed E-state index contributed by atoms with van der Waals surface area (Å²) in [4.78, 5) is 2.63. The lowest BCUT2D eigenvalue weighted by Gasteiger charge is -2.30. The topological polar surface area (TPSA) is 29.3 Å². The summed E-state index contributed by atoms with van der Waals surface area (Å²) in [6, 6.07) is 11.5. The van der Waals surface area contributed by atoms with Crippen molar-refractivity contribution in [2.45, 2.75) is 32.7 Å². The Bertz CT molecular complexity index is 347. The fraction of sp³-hybridized carbons (Fsp3) is 0.625. The molecule has 2 heteroatoms. The van der Waals surface area contributed by atoms with Gasteiger partial charge in [-0.1, -0.05) is 44.2 Å². The summed E-state index contributed by atoms with van der Waals surface area (Å²) < 4.78 is 0. The average molecular weight is 246 g/mol. The first-order valence-corrected chi connectivity index (χ1v) is 7.21. The quantitative estimate of drug-likeness (QED) is 0.865. The molecule has 0 saturated carbocycles. The molecule has 2 rings (SSSR count). The molecule has 2 atom stereocenters. The monoisotopic (exact) mass is 246 g/mol. The van der Waals surface area contributed by atoms with Gasteiger partial charge in [0.1, 0.15) is 0 Å². The minimum Gasteiger partial charge on any atom is -0.330 e. The van der Waals surface area contributed by atoms with Crippen molar-refractivity contribution < 1.29 is 0 Å². The zero-order chi connectivity index (χ0) is 13.0. The van der Waals surface area contributed by atoms with Crippen molar-refractivity contribution in [3.05, 3.63) is 35.9 Å². The molecule has 0 radical (unpaired) electrons. The molecule has 0 spiro atoms. The van der Waals surface area contributed by atoms with Gasteiger partial charge in [0, 0.05) is 12.6 Å². The Morgan fingerprint density at radius 3 is 2.61 bits per heavy atom. The van der Waals surface area contributed by atoms with Gasteiger partial charge in [0.05, 0.1) is 0 Å². The third kappa shape index (κ3) is 3.12. The van der Waals surface area contributed by atoms with Gasteiger partial charge < -0.3 is 5.73 Å². The minimum atomic E-state index is 0.610. The Kier molecular flexibility index (Phi) is 4.79. The largest absolute Gasteiger partial charge is 0.330 e. The van der Waals surface area contributed by atoms with E-state index in [1.54, 1.807) is 0 Å². The van der Waals surface area contributed by atoms with Crippen LogP contribution in [0.25, 0.3) is 0 Å². The van der Waals surface area contributed by atoms with Crippen LogP contribution in [0, 0.1) is 11.8 Å². The van der Waals surface area contributed by atoms with Gasteiger partial charge in [-0.3, -0.25) is 4.90 Å². The predicted octanol–water partition coefficient (Wildman–Crippen LogP) is 3.05. The molecular formula is C16H26N2. The summed E-state index contributed by atoms with van der Waals surface area (Å²) >= 11 is 0. The smallest absolute Gasteiger partial charge is 0.0348 e. The maximum absolute atomic E-state index is 5.91. The van der Waals surface area contributed by atoms with Crippen molar-refractivity contribution in [1.29, 1.82) is 0 Å². The maximum atomic E-state index is 5.91. The van der Waals surface area contributed by atoms with E-state index in [2.05, 4.69) is 49.1 Å². The molecule has 1 aliphatic heterocycles. The lowest BCUT2D eigenvalue weighted by molar-refractivity contribution is 0.192. The first kappa shape index (κ1) is 13.6. The van der Waals surface area contributed by atoms with E-state index in [0.717, 1.165) is 13.1 Å². The van der Waals surface area contributed by atoms with Gasteiger partial charge in [0.2, 0.25) is 0 Å². The van der Waals surface area contributed by atoms with Crippen LogP contribution in [0.1, 0.15) is 38.3 Å². The molecule has 1 heterocycles. The second kappa shape index (κ2) is 6.35. The molecule has 0 aromatic heterocycles. The third-order valence-corrected chi connectivity index (χ3v) is 4.26. The van der Waals surface area contributed by atoms with Gasteiger partial charge in [-0.25, -0.2) is 0 Å². The van der Waals surface area contributed by atoms with Crippen molar-refractivity contribution in [2.24, 2.45) is 17.6 Å². The van der Waals surface area contributed by atoms with Crippen LogP contribution in [0.4, 0.5) is 0 Å². The number of hydrogen-bond donors (Lipinski definition) is 1. The highest BCUT2D eigenvalue weighted by Crippen LogP contribution is 2.32. The molecule has 1 aliphatic rings. The normalized spacial score (nSPS) is 22.6. The van der Waals surface area contributed by atoms with E-state index in [0.29, 0.717) is 17.9 Å². The summed E-state index contributed by atoms with van der Waals surface area (Å²) in [6.07, 6.45) is 2.61. The van der Waals surface area contributed by atoms with Crippen LogP contribution in [-0.4, -0.2) is 24.5 Å². The molecule has 0 aliphatic carbocycles. The van der Waals surface area contributed by atoms with Crippen molar-refractivity contribution in [3.8, 4) is 0 Å². The molecule has 1 fully saturated rings. The van der Waals surface area contributed by atoms with E-state index in [-0.39, 0.29) is 0 Å². The SMILES string of the molecule is CC(C)C(CN)CN1CCCC1c1ccccc1. The number of nitrogens with zero attached hydrogens (tertiary/aromatic N) is 1. The van der Waals surface area contributed by atoms with E-state index in [1.807, 2.05) is 0 Å². The van der Waals surface area contributed by atoms with Gasteiger partial charge in [-0.2, -0.15) is 0 Å². The van der Waals surface area contributed by atoms with Crippen molar-refractivity contribution in [3.63, 3.8) is 0 Å². The Morgan fingerprint density at radius 2 is 2.00 bits per heavy atom. The van der Waals surface area contributed by atoms with Gasteiger partial charge in [0.25, 0.3) is 0 Å².